The SMILES string of the molecule is CNCC(C)Oc1cc(Cl)c(Cl)cc1[N+](=O)[O-]. The van der Waals surface area contributed by atoms with Crippen molar-refractivity contribution in [3.8, 4) is 5.75 Å². The Morgan fingerprint density at radius 1 is 1.47 bits per heavy atom. The van der Waals surface area contributed by atoms with E-state index in [0.717, 1.165) is 0 Å². The number of nitro groups is 1. The van der Waals surface area contributed by atoms with Crippen molar-refractivity contribution in [1.82, 2.24) is 5.32 Å². The van der Waals surface area contributed by atoms with E-state index in [-0.39, 0.29) is 27.6 Å². The van der Waals surface area contributed by atoms with Gasteiger partial charge < -0.3 is 10.1 Å². The minimum atomic E-state index is -0.552. The summed E-state index contributed by atoms with van der Waals surface area (Å²) in [6, 6.07) is 2.54. The summed E-state index contributed by atoms with van der Waals surface area (Å²) >= 11 is 11.5. The number of ether oxygens (including phenoxy) is 1. The van der Waals surface area contributed by atoms with E-state index in [9.17, 15) is 10.1 Å². The van der Waals surface area contributed by atoms with Crippen molar-refractivity contribution in [2.24, 2.45) is 0 Å². The molecule has 1 aromatic carbocycles. The Morgan fingerprint density at radius 3 is 2.59 bits per heavy atom. The van der Waals surface area contributed by atoms with Crippen molar-refractivity contribution in [1.29, 1.82) is 0 Å². The smallest absolute Gasteiger partial charge is 0.312 e. The number of nitrogens with one attached hydrogen (secondary N) is 1. The third kappa shape index (κ3) is 3.73. The van der Waals surface area contributed by atoms with Gasteiger partial charge in [-0.25, -0.2) is 0 Å². The zero-order valence-electron chi connectivity index (χ0n) is 9.37. The van der Waals surface area contributed by atoms with Gasteiger partial charge in [0.1, 0.15) is 6.10 Å². The lowest BCUT2D eigenvalue weighted by Crippen LogP contribution is -2.26. The number of hydrogen-bond donors (Lipinski definition) is 1. The maximum Gasteiger partial charge on any atom is 0.312 e. The quantitative estimate of drug-likeness (QED) is 0.665. The van der Waals surface area contributed by atoms with Crippen LogP contribution in [0.25, 0.3) is 0 Å². The summed E-state index contributed by atoms with van der Waals surface area (Å²) in [4.78, 5) is 10.3. The third-order valence-corrected chi connectivity index (χ3v) is 2.74. The summed E-state index contributed by atoms with van der Waals surface area (Å²) in [6.07, 6.45) is -0.212. The van der Waals surface area contributed by atoms with Crippen LogP contribution >= 0.6 is 23.2 Å². The number of rotatable bonds is 5. The van der Waals surface area contributed by atoms with Crippen LogP contribution < -0.4 is 10.1 Å². The molecule has 0 saturated carbocycles. The van der Waals surface area contributed by atoms with E-state index < -0.39 is 4.92 Å². The average molecular weight is 279 g/mol. The van der Waals surface area contributed by atoms with Crippen molar-refractivity contribution in [3.63, 3.8) is 0 Å². The number of nitrogens with zero attached hydrogens (tertiary/aromatic N) is 1. The predicted octanol–water partition coefficient (Wildman–Crippen LogP) is 2.89. The number of benzene rings is 1. The molecule has 0 radical (unpaired) electrons. The molecule has 0 aliphatic carbocycles. The fourth-order valence-electron chi connectivity index (χ4n) is 1.30. The minimum Gasteiger partial charge on any atom is -0.482 e. The molecule has 0 heterocycles. The number of halogens is 2. The predicted molar refractivity (Wildman–Crippen MR) is 67.1 cm³/mol. The van der Waals surface area contributed by atoms with Gasteiger partial charge in [0.15, 0.2) is 5.75 Å². The number of hydrogen-bond acceptors (Lipinski definition) is 4. The second-order valence-corrected chi connectivity index (χ2v) is 4.29. The van der Waals surface area contributed by atoms with Crippen molar-refractivity contribution in [2.75, 3.05) is 13.6 Å². The Bertz CT molecular complexity index is 426. The van der Waals surface area contributed by atoms with E-state index in [2.05, 4.69) is 5.32 Å². The largest absolute Gasteiger partial charge is 0.482 e. The molecule has 0 spiro atoms. The first-order valence-corrected chi connectivity index (χ1v) is 5.66. The normalized spacial score (nSPS) is 12.2. The van der Waals surface area contributed by atoms with Crippen molar-refractivity contribution in [3.05, 3.63) is 32.3 Å². The van der Waals surface area contributed by atoms with Crippen molar-refractivity contribution >= 4 is 28.9 Å². The van der Waals surface area contributed by atoms with Gasteiger partial charge in [0.2, 0.25) is 0 Å². The monoisotopic (exact) mass is 278 g/mol. The molecule has 0 aliphatic rings. The Morgan fingerprint density at radius 2 is 2.06 bits per heavy atom. The van der Waals surface area contributed by atoms with E-state index in [4.69, 9.17) is 27.9 Å². The Balaban J connectivity index is 3.04. The molecule has 0 bridgehead atoms. The Hall–Kier alpha value is -1.04. The van der Waals surface area contributed by atoms with Gasteiger partial charge in [-0.3, -0.25) is 10.1 Å². The van der Waals surface area contributed by atoms with Crippen LogP contribution in [0.5, 0.6) is 5.75 Å². The highest BCUT2D eigenvalue weighted by molar-refractivity contribution is 6.42. The first kappa shape index (κ1) is 14.0. The van der Waals surface area contributed by atoms with Crippen LogP contribution in [0.4, 0.5) is 5.69 Å². The summed E-state index contributed by atoms with van der Waals surface area (Å²) in [7, 11) is 1.77. The fourth-order valence-corrected chi connectivity index (χ4v) is 1.61. The van der Waals surface area contributed by atoms with Gasteiger partial charge in [-0.05, 0) is 14.0 Å². The van der Waals surface area contributed by atoms with Gasteiger partial charge >= 0.3 is 5.69 Å². The lowest BCUT2D eigenvalue weighted by Gasteiger charge is -2.14. The molecular formula is C10H12Cl2N2O3. The van der Waals surface area contributed by atoms with Crippen LogP contribution in [0.1, 0.15) is 6.92 Å². The molecule has 1 unspecified atom stereocenters. The Labute approximate surface area is 109 Å². The standard InChI is InChI=1S/C10H12Cl2N2O3/c1-6(5-13-2)17-10-4-8(12)7(11)3-9(10)14(15)16/h3-4,6,13H,5H2,1-2H3. The summed E-state index contributed by atoms with van der Waals surface area (Å²) in [5.74, 6) is 0.118. The molecule has 5 nitrogen and oxygen atoms in total. The van der Waals surface area contributed by atoms with Gasteiger partial charge in [-0.2, -0.15) is 0 Å². The third-order valence-electron chi connectivity index (χ3n) is 2.02. The summed E-state index contributed by atoms with van der Waals surface area (Å²) < 4.78 is 5.44. The van der Waals surface area contributed by atoms with Crippen LogP contribution in [-0.4, -0.2) is 24.6 Å². The van der Waals surface area contributed by atoms with Gasteiger partial charge in [-0.1, -0.05) is 23.2 Å². The van der Waals surface area contributed by atoms with Gasteiger partial charge in [0, 0.05) is 18.7 Å². The highest BCUT2D eigenvalue weighted by Crippen LogP contribution is 2.36. The van der Waals surface area contributed by atoms with Crippen molar-refractivity contribution in [2.45, 2.75) is 13.0 Å². The van der Waals surface area contributed by atoms with Crippen LogP contribution in [0, 0.1) is 10.1 Å². The highest BCUT2D eigenvalue weighted by Gasteiger charge is 2.19. The molecule has 1 aromatic rings. The van der Waals surface area contributed by atoms with Crippen LogP contribution in [0.15, 0.2) is 12.1 Å². The molecule has 0 aromatic heterocycles. The maximum atomic E-state index is 10.8. The van der Waals surface area contributed by atoms with Gasteiger partial charge in [0.25, 0.3) is 0 Å². The molecule has 7 heteroatoms. The zero-order valence-corrected chi connectivity index (χ0v) is 10.9. The van der Waals surface area contributed by atoms with E-state index in [1.165, 1.54) is 12.1 Å². The first-order valence-electron chi connectivity index (χ1n) is 4.90. The summed E-state index contributed by atoms with van der Waals surface area (Å²) in [5, 5.41) is 14.1. The molecule has 1 rings (SSSR count). The highest BCUT2D eigenvalue weighted by atomic mass is 35.5. The second kappa shape index (κ2) is 6.05. The second-order valence-electron chi connectivity index (χ2n) is 3.48. The molecule has 1 atom stereocenters. The van der Waals surface area contributed by atoms with Gasteiger partial charge in [0.05, 0.1) is 15.0 Å². The van der Waals surface area contributed by atoms with E-state index in [1.807, 2.05) is 0 Å². The van der Waals surface area contributed by atoms with Crippen LogP contribution in [-0.2, 0) is 0 Å². The molecule has 0 fully saturated rings. The Kier molecular flexibility index (Phi) is 4.99. The summed E-state index contributed by atoms with van der Waals surface area (Å²) in [6.45, 7) is 2.36. The van der Waals surface area contributed by atoms with E-state index >= 15 is 0 Å². The molecular weight excluding hydrogens is 267 g/mol. The molecule has 94 valence electrons. The number of nitro benzene ring substituents is 1. The first-order chi connectivity index (χ1) is 7.95. The maximum absolute atomic E-state index is 10.8. The fraction of sp³-hybridized carbons (Fsp3) is 0.400. The zero-order chi connectivity index (χ0) is 13.0. The minimum absolute atomic E-state index is 0.118. The lowest BCUT2D eigenvalue weighted by atomic mass is 10.3. The van der Waals surface area contributed by atoms with Crippen LogP contribution in [0.3, 0.4) is 0 Å². The lowest BCUT2D eigenvalue weighted by molar-refractivity contribution is -0.386. The topological polar surface area (TPSA) is 64.4 Å². The van der Waals surface area contributed by atoms with E-state index in [1.54, 1.807) is 14.0 Å². The molecule has 0 aliphatic heterocycles. The molecule has 17 heavy (non-hydrogen) atoms. The van der Waals surface area contributed by atoms with Crippen LogP contribution in [0.2, 0.25) is 10.0 Å². The van der Waals surface area contributed by atoms with Crippen molar-refractivity contribution < 1.29 is 9.66 Å². The summed E-state index contributed by atoms with van der Waals surface area (Å²) in [5.41, 5.74) is -0.192. The van der Waals surface area contributed by atoms with E-state index in [0.29, 0.717) is 6.54 Å². The number of likely N-dealkylation sites (N-methyl/N-ethyl adjacent to an activating group) is 1. The molecule has 0 amide bonds. The molecule has 0 saturated heterocycles. The van der Waals surface area contributed by atoms with Gasteiger partial charge in [-0.15, -0.1) is 0 Å². The molecule has 1 N–H and O–H groups in total. The average Bonchev–Trinajstić information content (AvgIpc) is 2.23.